The van der Waals surface area contributed by atoms with Crippen molar-refractivity contribution in [2.45, 2.75) is 33.1 Å². The molecule has 0 radical (unpaired) electrons. The Bertz CT molecular complexity index is 585. The van der Waals surface area contributed by atoms with Gasteiger partial charge in [-0.15, -0.1) is 0 Å². The molecule has 0 fully saturated rings. The van der Waals surface area contributed by atoms with Crippen molar-refractivity contribution in [1.29, 1.82) is 0 Å². The molecule has 0 atom stereocenters. The Morgan fingerprint density at radius 2 is 2.09 bits per heavy atom. The third kappa shape index (κ3) is 5.04. The van der Waals surface area contributed by atoms with Crippen molar-refractivity contribution in [3.05, 3.63) is 27.8 Å². The number of aryl methyl sites for hydroxylation is 1. The lowest BCUT2D eigenvalue weighted by Gasteiger charge is -2.11. The smallest absolute Gasteiger partial charge is 0.303 e. The number of nitrogens with one attached hydrogen (secondary N) is 1. The van der Waals surface area contributed by atoms with E-state index in [1.54, 1.807) is 19.9 Å². The number of benzene rings is 1. The highest BCUT2D eigenvalue weighted by Gasteiger charge is 2.20. The number of amides is 1. The maximum absolute atomic E-state index is 11.4. The van der Waals surface area contributed by atoms with E-state index in [1.165, 1.54) is 6.07 Å². The van der Waals surface area contributed by atoms with Crippen LogP contribution in [0.2, 0.25) is 0 Å². The van der Waals surface area contributed by atoms with Gasteiger partial charge in [-0.3, -0.25) is 19.7 Å². The summed E-state index contributed by atoms with van der Waals surface area (Å²) in [4.78, 5) is 32.4. The van der Waals surface area contributed by atoms with Crippen LogP contribution in [0.15, 0.2) is 12.1 Å². The van der Waals surface area contributed by atoms with Gasteiger partial charge in [-0.1, -0.05) is 6.92 Å². The van der Waals surface area contributed by atoms with Crippen LogP contribution in [-0.4, -0.2) is 28.5 Å². The summed E-state index contributed by atoms with van der Waals surface area (Å²) < 4.78 is 5.33. The molecule has 8 nitrogen and oxygen atoms in total. The minimum atomic E-state index is -0.927. The van der Waals surface area contributed by atoms with E-state index >= 15 is 0 Å². The van der Waals surface area contributed by atoms with E-state index in [2.05, 4.69) is 5.32 Å². The van der Waals surface area contributed by atoms with Gasteiger partial charge < -0.3 is 15.2 Å². The van der Waals surface area contributed by atoms with Crippen LogP contribution in [0.25, 0.3) is 0 Å². The molecule has 2 N–H and O–H groups in total. The topological polar surface area (TPSA) is 119 Å². The van der Waals surface area contributed by atoms with Crippen molar-refractivity contribution in [1.82, 2.24) is 0 Å². The SMILES string of the molecule is CCC(=O)Nc1c(C)cc(OCCCC(=O)O)cc1[N+](=O)[O-]. The molecule has 1 aromatic carbocycles. The van der Waals surface area contributed by atoms with Gasteiger partial charge >= 0.3 is 5.97 Å². The van der Waals surface area contributed by atoms with Gasteiger partial charge in [0.05, 0.1) is 17.6 Å². The lowest BCUT2D eigenvalue weighted by molar-refractivity contribution is -0.384. The second-order valence-corrected chi connectivity index (χ2v) is 4.64. The number of nitrogens with zero attached hydrogens (tertiary/aromatic N) is 1. The third-order valence-corrected chi connectivity index (χ3v) is 2.87. The van der Waals surface area contributed by atoms with Crippen molar-refractivity contribution >= 4 is 23.3 Å². The van der Waals surface area contributed by atoms with E-state index in [9.17, 15) is 19.7 Å². The first-order chi connectivity index (χ1) is 10.3. The van der Waals surface area contributed by atoms with E-state index < -0.39 is 10.9 Å². The van der Waals surface area contributed by atoms with Gasteiger partial charge in [0.2, 0.25) is 5.91 Å². The summed E-state index contributed by atoms with van der Waals surface area (Å²) in [5.41, 5.74) is 0.397. The van der Waals surface area contributed by atoms with Crippen molar-refractivity contribution < 1.29 is 24.4 Å². The Hall–Kier alpha value is -2.64. The molecule has 0 heterocycles. The van der Waals surface area contributed by atoms with Gasteiger partial charge in [-0.05, 0) is 25.0 Å². The number of carbonyl (C=O) groups excluding carboxylic acids is 1. The summed E-state index contributed by atoms with van der Waals surface area (Å²) in [7, 11) is 0. The standard InChI is InChI=1S/C14H18N2O6/c1-3-12(17)15-14-9(2)7-10(8-11(14)16(20)21)22-6-4-5-13(18)19/h7-8H,3-6H2,1-2H3,(H,15,17)(H,18,19). The zero-order valence-corrected chi connectivity index (χ0v) is 12.4. The number of ether oxygens (including phenoxy) is 1. The van der Waals surface area contributed by atoms with Crippen LogP contribution >= 0.6 is 0 Å². The minimum Gasteiger partial charge on any atom is -0.493 e. The number of anilines is 1. The fourth-order valence-electron chi connectivity index (χ4n) is 1.77. The molecular weight excluding hydrogens is 292 g/mol. The van der Waals surface area contributed by atoms with Crippen LogP contribution < -0.4 is 10.1 Å². The summed E-state index contributed by atoms with van der Waals surface area (Å²) in [6.07, 6.45) is 0.478. The number of carboxylic acids is 1. The first-order valence-electron chi connectivity index (χ1n) is 6.78. The van der Waals surface area contributed by atoms with E-state index in [-0.39, 0.29) is 42.5 Å². The minimum absolute atomic E-state index is 0.0360. The Balaban J connectivity index is 2.92. The number of hydrogen-bond donors (Lipinski definition) is 2. The number of aliphatic carboxylic acids is 1. The molecule has 1 amide bonds. The number of carboxylic acid groups (broad SMARTS) is 1. The summed E-state index contributed by atoms with van der Waals surface area (Å²) >= 11 is 0. The summed E-state index contributed by atoms with van der Waals surface area (Å²) in [6, 6.07) is 2.79. The monoisotopic (exact) mass is 310 g/mol. The highest BCUT2D eigenvalue weighted by atomic mass is 16.6. The van der Waals surface area contributed by atoms with Gasteiger partial charge in [-0.2, -0.15) is 0 Å². The molecule has 0 aliphatic carbocycles. The molecule has 8 heteroatoms. The lowest BCUT2D eigenvalue weighted by Crippen LogP contribution is -2.12. The molecule has 0 aromatic heterocycles. The van der Waals surface area contributed by atoms with Crippen LogP contribution in [0, 0.1) is 17.0 Å². The van der Waals surface area contributed by atoms with Gasteiger partial charge in [0.15, 0.2) is 0 Å². The largest absolute Gasteiger partial charge is 0.493 e. The van der Waals surface area contributed by atoms with Crippen molar-refractivity contribution in [3.63, 3.8) is 0 Å². The molecule has 0 saturated heterocycles. The van der Waals surface area contributed by atoms with E-state index in [0.717, 1.165) is 0 Å². The zero-order valence-electron chi connectivity index (χ0n) is 12.4. The summed E-state index contributed by atoms with van der Waals surface area (Å²) in [5.74, 6) is -0.978. The molecule has 120 valence electrons. The zero-order chi connectivity index (χ0) is 16.7. The molecule has 0 spiro atoms. The fourth-order valence-corrected chi connectivity index (χ4v) is 1.77. The maximum atomic E-state index is 11.4. The highest BCUT2D eigenvalue weighted by Crippen LogP contribution is 2.33. The third-order valence-electron chi connectivity index (χ3n) is 2.87. The Labute approximate surface area is 127 Å². The highest BCUT2D eigenvalue weighted by molar-refractivity contribution is 5.94. The van der Waals surface area contributed by atoms with E-state index in [0.29, 0.717) is 12.0 Å². The Morgan fingerprint density at radius 3 is 2.64 bits per heavy atom. The second kappa shape index (κ2) is 7.96. The molecule has 0 aliphatic heterocycles. The van der Waals surface area contributed by atoms with Crippen molar-refractivity contribution in [3.8, 4) is 5.75 Å². The summed E-state index contributed by atoms with van der Waals surface area (Å²) in [6.45, 7) is 3.42. The molecule has 22 heavy (non-hydrogen) atoms. The van der Waals surface area contributed by atoms with E-state index in [1.807, 2.05) is 0 Å². The van der Waals surface area contributed by atoms with Crippen LogP contribution in [0.4, 0.5) is 11.4 Å². The molecule has 0 bridgehead atoms. The van der Waals surface area contributed by atoms with Crippen LogP contribution in [0.1, 0.15) is 31.7 Å². The number of nitro benzene ring substituents is 1. The molecule has 0 unspecified atom stereocenters. The van der Waals surface area contributed by atoms with E-state index in [4.69, 9.17) is 9.84 Å². The first kappa shape index (κ1) is 17.4. The lowest BCUT2D eigenvalue weighted by atomic mass is 10.1. The molecule has 0 aliphatic rings. The number of rotatable bonds is 8. The van der Waals surface area contributed by atoms with Gasteiger partial charge in [0.25, 0.3) is 5.69 Å². The van der Waals surface area contributed by atoms with Crippen molar-refractivity contribution in [2.75, 3.05) is 11.9 Å². The molecule has 0 saturated carbocycles. The van der Waals surface area contributed by atoms with Gasteiger partial charge in [-0.25, -0.2) is 0 Å². The molecular formula is C14H18N2O6. The average Bonchev–Trinajstić information content (AvgIpc) is 2.45. The second-order valence-electron chi connectivity index (χ2n) is 4.64. The predicted molar refractivity (Wildman–Crippen MR) is 79.1 cm³/mol. The normalized spacial score (nSPS) is 10.1. The average molecular weight is 310 g/mol. The Kier molecular flexibility index (Phi) is 6.30. The predicted octanol–water partition coefficient (Wildman–Crippen LogP) is 2.50. The number of carbonyl (C=O) groups is 2. The number of hydrogen-bond acceptors (Lipinski definition) is 5. The first-order valence-corrected chi connectivity index (χ1v) is 6.78. The van der Waals surface area contributed by atoms with Gasteiger partial charge in [0.1, 0.15) is 11.4 Å². The van der Waals surface area contributed by atoms with Crippen molar-refractivity contribution in [2.24, 2.45) is 0 Å². The summed E-state index contributed by atoms with van der Waals surface area (Å²) in [5, 5.41) is 22.2. The number of nitro groups is 1. The Morgan fingerprint density at radius 1 is 1.41 bits per heavy atom. The fraction of sp³-hybridized carbons (Fsp3) is 0.429. The van der Waals surface area contributed by atoms with Crippen LogP contribution in [-0.2, 0) is 9.59 Å². The van der Waals surface area contributed by atoms with Gasteiger partial charge in [0, 0.05) is 12.8 Å². The maximum Gasteiger partial charge on any atom is 0.303 e. The van der Waals surface area contributed by atoms with Crippen LogP contribution in [0.5, 0.6) is 5.75 Å². The van der Waals surface area contributed by atoms with Crippen LogP contribution in [0.3, 0.4) is 0 Å². The quantitative estimate of drug-likeness (QED) is 0.432. The molecule has 1 rings (SSSR count). The molecule has 1 aromatic rings.